The number of hydrogen-bond acceptors (Lipinski definition) is 4. The molecule has 120 valence electrons. The van der Waals surface area contributed by atoms with E-state index >= 15 is 4.39 Å². The highest BCUT2D eigenvalue weighted by atomic mass is 35.5. The summed E-state index contributed by atoms with van der Waals surface area (Å²) in [5, 5.41) is 14.0. The molecule has 0 unspecified atom stereocenters. The van der Waals surface area contributed by atoms with Crippen molar-refractivity contribution in [3.05, 3.63) is 47.4 Å². The number of methoxy groups -OCH3 is 1. The zero-order chi connectivity index (χ0) is 16.8. The van der Waals surface area contributed by atoms with Gasteiger partial charge in [-0.1, -0.05) is 29.8 Å². The van der Waals surface area contributed by atoms with Crippen LogP contribution in [-0.2, 0) is 7.05 Å². The monoisotopic (exact) mass is 342 g/mol. The predicted octanol–water partition coefficient (Wildman–Crippen LogP) is 3.98. The number of halogens is 2. The second-order valence-electron chi connectivity index (χ2n) is 5.35. The Kier molecular flexibility index (Phi) is 3.35. The van der Waals surface area contributed by atoms with Crippen molar-refractivity contribution in [1.29, 1.82) is 0 Å². The van der Waals surface area contributed by atoms with Gasteiger partial charge in [0.1, 0.15) is 11.3 Å². The Labute approximate surface area is 141 Å². The highest BCUT2D eigenvalue weighted by Crippen LogP contribution is 2.41. The molecule has 0 aliphatic rings. The summed E-state index contributed by atoms with van der Waals surface area (Å²) in [4.78, 5) is 0. The summed E-state index contributed by atoms with van der Waals surface area (Å²) in [5.74, 6) is -0.137. The SMILES string of the molecule is COc1cc2c(nnc3c2cnn3C)c(F)c1-c1ccccc1Cl. The molecule has 2 heterocycles. The van der Waals surface area contributed by atoms with E-state index in [0.29, 0.717) is 32.8 Å². The van der Waals surface area contributed by atoms with Crippen LogP contribution in [0.1, 0.15) is 0 Å². The van der Waals surface area contributed by atoms with Crippen LogP contribution in [0, 0.1) is 5.82 Å². The van der Waals surface area contributed by atoms with Crippen LogP contribution in [0.4, 0.5) is 4.39 Å². The summed E-state index contributed by atoms with van der Waals surface area (Å²) in [6.07, 6.45) is 1.64. The number of rotatable bonds is 2. The Balaban J connectivity index is 2.14. The second-order valence-corrected chi connectivity index (χ2v) is 5.76. The lowest BCUT2D eigenvalue weighted by Crippen LogP contribution is -1.99. The molecule has 0 fully saturated rings. The van der Waals surface area contributed by atoms with E-state index in [1.54, 1.807) is 48.3 Å². The third-order valence-electron chi connectivity index (χ3n) is 4.01. The zero-order valence-corrected chi connectivity index (χ0v) is 13.7. The normalized spacial score (nSPS) is 11.3. The van der Waals surface area contributed by atoms with Gasteiger partial charge in [0.05, 0.1) is 24.3 Å². The smallest absolute Gasteiger partial charge is 0.180 e. The molecule has 2 aromatic carbocycles. The minimum Gasteiger partial charge on any atom is -0.496 e. The standard InChI is InChI=1S/C17H12ClFN4O/c1-23-17-11(8-20-23)10-7-13(24-2)14(15(19)16(10)21-22-17)9-5-3-4-6-12(9)18/h3-8H,1-2H3. The molecule has 0 radical (unpaired) electrons. The Morgan fingerprint density at radius 2 is 1.96 bits per heavy atom. The van der Waals surface area contributed by atoms with Crippen LogP contribution in [0.25, 0.3) is 33.1 Å². The molecule has 2 aromatic heterocycles. The third kappa shape index (κ3) is 2.03. The summed E-state index contributed by atoms with van der Waals surface area (Å²) < 4.78 is 22.3. The first-order valence-corrected chi connectivity index (χ1v) is 7.59. The average molecular weight is 343 g/mol. The van der Waals surface area contributed by atoms with E-state index in [0.717, 1.165) is 0 Å². The van der Waals surface area contributed by atoms with Crippen molar-refractivity contribution in [2.45, 2.75) is 0 Å². The summed E-state index contributed by atoms with van der Waals surface area (Å²) in [5.41, 5.74) is 1.55. The van der Waals surface area contributed by atoms with Gasteiger partial charge < -0.3 is 4.74 Å². The van der Waals surface area contributed by atoms with E-state index in [2.05, 4.69) is 15.3 Å². The Morgan fingerprint density at radius 3 is 2.71 bits per heavy atom. The summed E-state index contributed by atoms with van der Waals surface area (Å²) in [7, 11) is 3.25. The van der Waals surface area contributed by atoms with Gasteiger partial charge in [0.2, 0.25) is 0 Å². The van der Waals surface area contributed by atoms with Crippen LogP contribution in [0.5, 0.6) is 5.75 Å². The highest BCUT2D eigenvalue weighted by Gasteiger charge is 2.21. The maximum Gasteiger partial charge on any atom is 0.180 e. The van der Waals surface area contributed by atoms with Gasteiger partial charge in [-0.2, -0.15) is 5.10 Å². The molecular formula is C17H12ClFN4O. The minimum atomic E-state index is -0.518. The molecule has 4 rings (SSSR count). The van der Waals surface area contributed by atoms with Crippen molar-refractivity contribution in [2.75, 3.05) is 7.11 Å². The van der Waals surface area contributed by atoms with Crippen molar-refractivity contribution in [2.24, 2.45) is 7.05 Å². The number of aryl methyl sites for hydroxylation is 1. The van der Waals surface area contributed by atoms with E-state index in [1.807, 2.05) is 0 Å². The molecule has 0 amide bonds. The zero-order valence-electron chi connectivity index (χ0n) is 12.9. The van der Waals surface area contributed by atoms with E-state index in [4.69, 9.17) is 16.3 Å². The molecule has 7 heteroatoms. The molecule has 0 aliphatic carbocycles. The first kappa shape index (κ1) is 14.8. The van der Waals surface area contributed by atoms with E-state index < -0.39 is 5.82 Å². The predicted molar refractivity (Wildman–Crippen MR) is 90.8 cm³/mol. The van der Waals surface area contributed by atoms with Gasteiger partial charge in [0.25, 0.3) is 0 Å². The lowest BCUT2D eigenvalue weighted by atomic mass is 10.0. The Hall–Kier alpha value is -2.73. The molecule has 4 aromatic rings. The molecule has 0 spiro atoms. The Bertz CT molecular complexity index is 1090. The molecule has 24 heavy (non-hydrogen) atoms. The van der Waals surface area contributed by atoms with E-state index in [1.165, 1.54) is 7.11 Å². The van der Waals surface area contributed by atoms with Gasteiger partial charge in [-0.3, -0.25) is 0 Å². The molecule has 0 bridgehead atoms. The summed E-state index contributed by atoms with van der Waals surface area (Å²) in [6.45, 7) is 0. The minimum absolute atomic E-state index is 0.159. The number of benzene rings is 2. The van der Waals surface area contributed by atoms with Crippen molar-refractivity contribution >= 4 is 33.5 Å². The number of fused-ring (bicyclic) bond motifs is 3. The number of aromatic nitrogens is 4. The second kappa shape index (κ2) is 5.42. The number of ether oxygens (including phenoxy) is 1. The molecule has 0 saturated carbocycles. The lowest BCUT2D eigenvalue weighted by Gasteiger charge is -2.13. The molecule has 0 aliphatic heterocycles. The van der Waals surface area contributed by atoms with Gasteiger partial charge in [0, 0.05) is 23.0 Å². The fourth-order valence-corrected chi connectivity index (χ4v) is 3.06. The fraction of sp³-hybridized carbons (Fsp3) is 0.118. The molecule has 5 nitrogen and oxygen atoms in total. The van der Waals surface area contributed by atoms with Crippen molar-refractivity contribution in [1.82, 2.24) is 20.0 Å². The highest BCUT2D eigenvalue weighted by molar-refractivity contribution is 6.33. The Morgan fingerprint density at radius 1 is 1.17 bits per heavy atom. The van der Waals surface area contributed by atoms with Crippen LogP contribution in [0.15, 0.2) is 36.5 Å². The maximum absolute atomic E-state index is 15.2. The van der Waals surface area contributed by atoms with Crippen molar-refractivity contribution < 1.29 is 9.13 Å². The van der Waals surface area contributed by atoms with Gasteiger partial charge in [-0.15, -0.1) is 10.2 Å². The quantitative estimate of drug-likeness (QED) is 0.553. The molecule has 0 N–H and O–H groups in total. The van der Waals surface area contributed by atoms with Crippen LogP contribution in [0.2, 0.25) is 5.02 Å². The fourth-order valence-electron chi connectivity index (χ4n) is 2.83. The van der Waals surface area contributed by atoms with Crippen molar-refractivity contribution in [3.8, 4) is 16.9 Å². The van der Waals surface area contributed by atoms with Crippen LogP contribution in [0.3, 0.4) is 0 Å². The number of hydrogen-bond donors (Lipinski definition) is 0. The topological polar surface area (TPSA) is 52.8 Å². The summed E-state index contributed by atoms with van der Waals surface area (Å²) >= 11 is 6.24. The average Bonchev–Trinajstić information content (AvgIpc) is 2.97. The first-order chi connectivity index (χ1) is 11.6. The molecule has 0 atom stereocenters. The van der Waals surface area contributed by atoms with Crippen molar-refractivity contribution in [3.63, 3.8) is 0 Å². The summed E-state index contributed by atoms with van der Waals surface area (Å²) in [6, 6.07) is 8.77. The van der Waals surface area contributed by atoms with Gasteiger partial charge in [-0.05, 0) is 12.1 Å². The van der Waals surface area contributed by atoms with E-state index in [9.17, 15) is 0 Å². The first-order valence-electron chi connectivity index (χ1n) is 7.21. The van der Waals surface area contributed by atoms with Crippen LogP contribution < -0.4 is 4.74 Å². The van der Waals surface area contributed by atoms with Gasteiger partial charge in [-0.25, -0.2) is 9.07 Å². The maximum atomic E-state index is 15.2. The lowest BCUT2D eigenvalue weighted by molar-refractivity contribution is 0.414. The van der Waals surface area contributed by atoms with Crippen LogP contribution >= 0.6 is 11.6 Å². The molecule has 0 saturated heterocycles. The van der Waals surface area contributed by atoms with E-state index in [-0.39, 0.29) is 11.1 Å². The van der Waals surface area contributed by atoms with Gasteiger partial charge >= 0.3 is 0 Å². The third-order valence-corrected chi connectivity index (χ3v) is 4.34. The number of nitrogens with zero attached hydrogens (tertiary/aromatic N) is 4. The molecular weight excluding hydrogens is 331 g/mol. The van der Waals surface area contributed by atoms with Gasteiger partial charge in [0.15, 0.2) is 11.5 Å². The largest absolute Gasteiger partial charge is 0.496 e. The van der Waals surface area contributed by atoms with Crippen LogP contribution in [-0.4, -0.2) is 27.1 Å².